The topological polar surface area (TPSA) is 50.9 Å². The fourth-order valence-electron chi connectivity index (χ4n) is 3.67. The van der Waals surface area contributed by atoms with E-state index in [1.54, 1.807) is 7.11 Å². The summed E-state index contributed by atoms with van der Waals surface area (Å²) in [5, 5.41) is 0. The molecule has 1 unspecified atom stereocenters. The van der Waals surface area contributed by atoms with Gasteiger partial charge in [-0.15, -0.1) is 0 Å². The number of rotatable bonds is 4. The third kappa shape index (κ3) is 3.04. The second-order valence-corrected chi connectivity index (χ2v) is 6.86. The molecule has 1 atom stereocenters. The van der Waals surface area contributed by atoms with Gasteiger partial charge in [-0.05, 0) is 40.5 Å². The van der Waals surface area contributed by atoms with Crippen LogP contribution < -0.4 is 10.5 Å². The van der Waals surface area contributed by atoms with E-state index in [-0.39, 0.29) is 0 Å². The highest BCUT2D eigenvalue weighted by molar-refractivity contribution is 5.81. The molecular weight excluding hydrogens is 334 g/mol. The number of nitrogens with zero attached hydrogens (tertiary/aromatic N) is 2. The molecule has 0 fully saturated rings. The molecule has 3 aromatic rings. The van der Waals surface area contributed by atoms with Gasteiger partial charge in [0.25, 0.3) is 0 Å². The van der Waals surface area contributed by atoms with Crippen molar-refractivity contribution < 1.29 is 4.74 Å². The molecule has 4 heteroatoms. The number of hydrogen-bond acceptors (Lipinski definition) is 4. The van der Waals surface area contributed by atoms with Gasteiger partial charge in [0, 0.05) is 7.05 Å². The lowest BCUT2D eigenvalue weighted by Gasteiger charge is -2.28. The molecule has 4 rings (SSSR count). The van der Waals surface area contributed by atoms with E-state index in [9.17, 15) is 0 Å². The average Bonchev–Trinajstić information content (AvgIpc) is 3.04. The predicted octanol–water partition coefficient (Wildman–Crippen LogP) is 3.87. The Hall–Kier alpha value is -3.27. The quantitative estimate of drug-likeness (QED) is 0.771. The van der Waals surface area contributed by atoms with Gasteiger partial charge in [0.05, 0.1) is 13.7 Å². The summed E-state index contributed by atoms with van der Waals surface area (Å²) < 4.78 is 5.27. The normalized spacial score (nSPS) is 19.0. The van der Waals surface area contributed by atoms with E-state index in [2.05, 4.69) is 60.7 Å². The van der Waals surface area contributed by atoms with Gasteiger partial charge < -0.3 is 15.4 Å². The van der Waals surface area contributed by atoms with Crippen LogP contribution in [0.15, 0.2) is 83.9 Å². The minimum atomic E-state index is -0.497. The first-order chi connectivity index (χ1) is 13.1. The molecule has 136 valence electrons. The molecule has 0 spiro atoms. The van der Waals surface area contributed by atoms with Crippen LogP contribution in [0.1, 0.15) is 11.1 Å². The molecule has 0 radical (unpaired) electrons. The number of nitrogens with two attached hydrogens (primary N) is 1. The zero-order valence-electron chi connectivity index (χ0n) is 15.6. The molecular formula is C23H23N3O. The SMILES string of the molecule is COc1ccc(-c2cccc(C3(c4ccccc4)CN(C)C(N)=N3)c2)cc1. The maximum absolute atomic E-state index is 6.17. The Morgan fingerprint density at radius 3 is 2.22 bits per heavy atom. The highest BCUT2D eigenvalue weighted by Crippen LogP contribution is 2.39. The molecule has 27 heavy (non-hydrogen) atoms. The van der Waals surface area contributed by atoms with Crippen molar-refractivity contribution in [2.75, 3.05) is 20.7 Å². The van der Waals surface area contributed by atoms with Crippen molar-refractivity contribution in [3.05, 3.63) is 90.0 Å². The van der Waals surface area contributed by atoms with Crippen LogP contribution in [0.4, 0.5) is 0 Å². The Bertz CT molecular complexity index is 966. The zero-order valence-corrected chi connectivity index (χ0v) is 15.6. The summed E-state index contributed by atoms with van der Waals surface area (Å²) in [5.74, 6) is 1.42. The maximum Gasteiger partial charge on any atom is 0.192 e. The molecule has 0 aliphatic carbocycles. The number of methoxy groups -OCH3 is 1. The van der Waals surface area contributed by atoms with Crippen molar-refractivity contribution in [1.29, 1.82) is 0 Å². The highest BCUT2D eigenvalue weighted by Gasteiger charge is 2.40. The van der Waals surface area contributed by atoms with E-state index < -0.39 is 5.54 Å². The molecule has 0 saturated heterocycles. The van der Waals surface area contributed by atoms with Gasteiger partial charge in [0.15, 0.2) is 5.96 Å². The second-order valence-electron chi connectivity index (χ2n) is 6.86. The fourth-order valence-corrected chi connectivity index (χ4v) is 3.67. The van der Waals surface area contributed by atoms with E-state index in [0.29, 0.717) is 5.96 Å². The Kier molecular flexibility index (Phi) is 4.32. The molecule has 1 aliphatic heterocycles. The van der Waals surface area contributed by atoms with Crippen LogP contribution in [0.25, 0.3) is 11.1 Å². The fraction of sp³-hybridized carbons (Fsp3) is 0.174. The number of guanidine groups is 1. The molecule has 0 aromatic heterocycles. The first-order valence-electron chi connectivity index (χ1n) is 8.99. The number of benzene rings is 3. The van der Waals surface area contributed by atoms with Crippen molar-refractivity contribution in [3.8, 4) is 16.9 Å². The molecule has 0 amide bonds. The lowest BCUT2D eigenvalue weighted by Crippen LogP contribution is -2.34. The second kappa shape index (κ2) is 6.80. The predicted molar refractivity (Wildman–Crippen MR) is 110 cm³/mol. The smallest absolute Gasteiger partial charge is 0.192 e. The van der Waals surface area contributed by atoms with Gasteiger partial charge in [-0.3, -0.25) is 0 Å². The van der Waals surface area contributed by atoms with Crippen molar-refractivity contribution in [3.63, 3.8) is 0 Å². The van der Waals surface area contributed by atoms with Crippen LogP contribution in [0.3, 0.4) is 0 Å². The highest BCUT2D eigenvalue weighted by atomic mass is 16.5. The van der Waals surface area contributed by atoms with Gasteiger partial charge in [-0.25, -0.2) is 4.99 Å². The van der Waals surface area contributed by atoms with Crippen LogP contribution in [-0.4, -0.2) is 31.6 Å². The summed E-state index contributed by atoms with van der Waals surface area (Å²) in [5.41, 5.74) is 10.2. The number of ether oxygens (including phenoxy) is 1. The summed E-state index contributed by atoms with van der Waals surface area (Å²) in [6.07, 6.45) is 0. The van der Waals surface area contributed by atoms with Gasteiger partial charge in [0.1, 0.15) is 11.3 Å². The standard InChI is InChI=1S/C23H23N3O/c1-26-16-23(25-22(26)24,19-8-4-3-5-9-19)20-10-6-7-18(15-20)17-11-13-21(27-2)14-12-17/h3-15H,16H2,1-2H3,(H2,24,25). The van der Waals surface area contributed by atoms with E-state index in [4.69, 9.17) is 15.5 Å². The maximum atomic E-state index is 6.17. The molecule has 0 saturated carbocycles. The number of likely N-dealkylation sites (N-methyl/N-ethyl adjacent to an activating group) is 1. The van der Waals surface area contributed by atoms with Gasteiger partial charge in [-0.1, -0.05) is 60.7 Å². The minimum absolute atomic E-state index is 0.497. The number of aliphatic imine (C=N–C) groups is 1. The largest absolute Gasteiger partial charge is 0.497 e. The van der Waals surface area contributed by atoms with Crippen molar-refractivity contribution >= 4 is 5.96 Å². The summed E-state index contributed by atoms with van der Waals surface area (Å²) in [6.45, 7) is 0.717. The van der Waals surface area contributed by atoms with Crippen molar-refractivity contribution in [2.45, 2.75) is 5.54 Å². The third-order valence-corrected chi connectivity index (χ3v) is 5.18. The van der Waals surface area contributed by atoms with Gasteiger partial charge in [0.2, 0.25) is 0 Å². The molecule has 3 aromatic carbocycles. The van der Waals surface area contributed by atoms with Gasteiger partial charge in [-0.2, -0.15) is 0 Å². The van der Waals surface area contributed by atoms with Crippen LogP contribution in [0, 0.1) is 0 Å². The van der Waals surface area contributed by atoms with Crippen LogP contribution in [-0.2, 0) is 5.54 Å². The first kappa shape index (κ1) is 17.2. The first-order valence-corrected chi connectivity index (χ1v) is 8.99. The zero-order chi connectivity index (χ0) is 18.9. The van der Waals surface area contributed by atoms with E-state index in [1.807, 2.05) is 30.1 Å². The monoisotopic (exact) mass is 357 g/mol. The summed E-state index contributed by atoms with van der Waals surface area (Å²) >= 11 is 0. The summed E-state index contributed by atoms with van der Waals surface area (Å²) in [7, 11) is 3.66. The van der Waals surface area contributed by atoms with Crippen molar-refractivity contribution in [1.82, 2.24) is 4.90 Å². The van der Waals surface area contributed by atoms with Crippen LogP contribution in [0.5, 0.6) is 5.75 Å². The number of hydrogen-bond donors (Lipinski definition) is 1. The summed E-state index contributed by atoms with van der Waals surface area (Å²) in [4.78, 5) is 6.91. The van der Waals surface area contributed by atoms with Crippen molar-refractivity contribution in [2.24, 2.45) is 10.7 Å². The minimum Gasteiger partial charge on any atom is -0.497 e. The van der Waals surface area contributed by atoms with E-state index in [0.717, 1.165) is 34.5 Å². The van der Waals surface area contributed by atoms with Gasteiger partial charge >= 0.3 is 0 Å². The Balaban J connectivity index is 1.82. The Morgan fingerprint density at radius 1 is 0.889 bits per heavy atom. The lowest BCUT2D eigenvalue weighted by molar-refractivity contribution is 0.415. The Labute approximate surface area is 159 Å². The van der Waals surface area contributed by atoms with Crippen LogP contribution in [0.2, 0.25) is 0 Å². The van der Waals surface area contributed by atoms with E-state index >= 15 is 0 Å². The molecule has 4 nitrogen and oxygen atoms in total. The molecule has 1 aliphatic rings. The molecule has 0 bridgehead atoms. The molecule has 1 heterocycles. The van der Waals surface area contributed by atoms with E-state index in [1.165, 1.54) is 0 Å². The average molecular weight is 357 g/mol. The Morgan fingerprint density at radius 2 is 1.59 bits per heavy atom. The third-order valence-electron chi connectivity index (χ3n) is 5.18. The summed E-state index contributed by atoms with van der Waals surface area (Å²) in [6, 6.07) is 27.0. The van der Waals surface area contributed by atoms with Crippen LogP contribution >= 0.6 is 0 Å². The molecule has 2 N–H and O–H groups in total. The lowest BCUT2D eigenvalue weighted by atomic mass is 9.82.